The van der Waals surface area contributed by atoms with Crippen LogP contribution in [0.4, 0.5) is 5.82 Å². The molecule has 1 aromatic carbocycles. The quantitative estimate of drug-likeness (QED) is 0.545. The third-order valence-corrected chi connectivity index (χ3v) is 5.84. The van der Waals surface area contributed by atoms with E-state index in [0.717, 1.165) is 47.2 Å². The summed E-state index contributed by atoms with van der Waals surface area (Å²) < 4.78 is 5.79. The van der Waals surface area contributed by atoms with E-state index in [0.29, 0.717) is 13.2 Å². The van der Waals surface area contributed by atoms with Gasteiger partial charge in [-0.25, -0.2) is 9.97 Å². The first kappa shape index (κ1) is 19.6. The molecule has 0 amide bonds. The summed E-state index contributed by atoms with van der Waals surface area (Å²) in [5.74, 6) is 2.68. The summed E-state index contributed by atoms with van der Waals surface area (Å²) >= 11 is 1.74. The van der Waals surface area contributed by atoms with Crippen LogP contribution in [0.15, 0.2) is 30.3 Å². The van der Waals surface area contributed by atoms with Gasteiger partial charge in [0.15, 0.2) is 0 Å². The van der Waals surface area contributed by atoms with E-state index in [1.807, 2.05) is 30.3 Å². The van der Waals surface area contributed by atoms with Crippen molar-refractivity contribution in [3.05, 3.63) is 46.6 Å². The van der Waals surface area contributed by atoms with Crippen molar-refractivity contribution in [2.45, 2.75) is 34.2 Å². The standard InChI is InChI=1S/C21H28N4OS/c1-5-25(6-2)14-18-23-20(19-15(3)16(4)27-21(19)24-18)22-12-13-26-17-10-8-7-9-11-17/h7-11H,5-6,12-14H2,1-4H3,(H,22,23,24). The Labute approximate surface area is 165 Å². The van der Waals surface area contributed by atoms with Crippen LogP contribution in [0.2, 0.25) is 0 Å². The number of nitrogens with zero attached hydrogens (tertiary/aromatic N) is 3. The molecule has 0 aliphatic rings. The summed E-state index contributed by atoms with van der Waals surface area (Å²) in [4.78, 5) is 14.4. The van der Waals surface area contributed by atoms with Crippen molar-refractivity contribution in [3.63, 3.8) is 0 Å². The monoisotopic (exact) mass is 384 g/mol. The average molecular weight is 385 g/mol. The molecule has 0 aliphatic carbocycles. The van der Waals surface area contributed by atoms with Crippen molar-refractivity contribution >= 4 is 27.4 Å². The molecule has 0 atom stereocenters. The zero-order valence-corrected chi connectivity index (χ0v) is 17.4. The molecule has 0 radical (unpaired) electrons. The lowest BCUT2D eigenvalue weighted by Gasteiger charge is -2.17. The predicted octanol–water partition coefficient (Wildman–Crippen LogP) is 4.64. The van der Waals surface area contributed by atoms with Gasteiger partial charge in [0.05, 0.1) is 18.5 Å². The molecular weight excluding hydrogens is 356 g/mol. The molecule has 0 aliphatic heterocycles. The maximum atomic E-state index is 5.79. The third kappa shape index (κ3) is 4.76. The maximum Gasteiger partial charge on any atom is 0.146 e. The van der Waals surface area contributed by atoms with Gasteiger partial charge in [-0.15, -0.1) is 11.3 Å². The molecular formula is C21H28N4OS. The van der Waals surface area contributed by atoms with Crippen molar-refractivity contribution in [3.8, 4) is 5.75 Å². The van der Waals surface area contributed by atoms with Gasteiger partial charge in [0.2, 0.25) is 0 Å². The first-order valence-corrected chi connectivity index (χ1v) is 10.3. The first-order valence-electron chi connectivity index (χ1n) is 9.53. The van der Waals surface area contributed by atoms with Crippen LogP contribution >= 0.6 is 11.3 Å². The van der Waals surface area contributed by atoms with E-state index < -0.39 is 0 Å². The van der Waals surface area contributed by atoms with Crippen LogP contribution in [0.25, 0.3) is 10.2 Å². The highest BCUT2D eigenvalue weighted by molar-refractivity contribution is 7.18. The summed E-state index contributed by atoms with van der Waals surface area (Å²) in [6.45, 7) is 12.7. The number of nitrogens with one attached hydrogen (secondary N) is 1. The van der Waals surface area contributed by atoms with Gasteiger partial charge in [-0.1, -0.05) is 32.0 Å². The van der Waals surface area contributed by atoms with E-state index in [1.165, 1.54) is 10.4 Å². The first-order chi connectivity index (χ1) is 13.1. The lowest BCUT2D eigenvalue weighted by atomic mass is 10.2. The normalized spacial score (nSPS) is 11.3. The van der Waals surface area contributed by atoms with Gasteiger partial charge in [0.25, 0.3) is 0 Å². The number of rotatable bonds is 9. The molecule has 0 saturated heterocycles. The van der Waals surface area contributed by atoms with Gasteiger partial charge in [0.1, 0.15) is 28.8 Å². The number of fused-ring (bicyclic) bond motifs is 1. The zero-order chi connectivity index (χ0) is 19.2. The minimum absolute atomic E-state index is 0.586. The summed E-state index contributed by atoms with van der Waals surface area (Å²) in [6.07, 6.45) is 0. The molecule has 0 unspecified atom stereocenters. The number of para-hydroxylation sites is 1. The molecule has 0 saturated carbocycles. The molecule has 2 aromatic heterocycles. The molecule has 6 heteroatoms. The smallest absolute Gasteiger partial charge is 0.146 e. The third-order valence-electron chi connectivity index (χ3n) is 4.74. The second kappa shape index (κ2) is 9.15. The summed E-state index contributed by atoms with van der Waals surface area (Å²) in [7, 11) is 0. The van der Waals surface area contributed by atoms with E-state index in [4.69, 9.17) is 14.7 Å². The van der Waals surface area contributed by atoms with Gasteiger partial charge in [-0.2, -0.15) is 0 Å². The van der Waals surface area contributed by atoms with Gasteiger partial charge < -0.3 is 10.1 Å². The number of anilines is 1. The predicted molar refractivity (Wildman–Crippen MR) is 114 cm³/mol. The summed E-state index contributed by atoms with van der Waals surface area (Å²) in [6, 6.07) is 9.89. The van der Waals surface area contributed by atoms with Crippen molar-refractivity contribution in [1.82, 2.24) is 14.9 Å². The Hall–Kier alpha value is -2.18. The van der Waals surface area contributed by atoms with Crippen molar-refractivity contribution < 1.29 is 4.74 Å². The molecule has 27 heavy (non-hydrogen) atoms. The molecule has 0 spiro atoms. The van der Waals surface area contributed by atoms with Gasteiger partial charge >= 0.3 is 0 Å². The molecule has 0 bridgehead atoms. The van der Waals surface area contributed by atoms with Crippen LogP contribution in [0.3, 0.4) is 0 Å². The van der Waals surface area contributed by atoms with Crippen LogP contribution in [0.1, 0.15) is 30.1 Å². The number of hydrogen-bond donors (Lipinski definition) is 1. The highest BCUT2D eigenvalue weighted by Crippen LogP contribution is 2.33. The Morgan fingerprint density at radius 3 is 2.52 bits per heavy atom. The maximum absolute atomic E-state index is 5.79. The Balaban J connectivity index is 1.77. The summed E-state index contributed by atoms with van der Waals surface area (Å²) in [5, 5.41) is 4.61. The highest BCUT2D eigenvalue weighted by atomic mass is 32.1. The van der Waals surface area contributed by atoms with E-state index in [9.17, 15) is 0 Å². The van der Waals surface area contributed by atoms with Gasteiger partial charge in [-0.05, 0) is 44.6 Å². The van der Waals surface area contributed by atoms with Crippen LogP contribution in [-0.2, 0) is 6.54 Å². The van der Waals surface area contributed by atoms with E-state index >= 15 is 0 Å². The zero-order valence-electron chi connectivity index (χ0n) is 16.6. The van der Waals surface area contributed by atoms with Gasteiger partial charge in [-0.3, -0.25) is 4.90 Å². The van der Waals surface area contributed by atoms with Crippen molar-refractivity contribution in [2.24, 2.45) is 0 Å². The Morgan fingerprint density at radius 2 is 1.81 bits per heavy atom. The number of hydrogen-bond acceptors (Lipinski definition) is 6. The fourth-order valence-electron chi connectivity index (χ4n) is 2.99. The number of ether oxygens (including phenoxy) is 1. The number of aryl methyl sites for hydroxylation is 2. The molecule has 1 N–H and O–H groups in total. The minimum Gasteiger partial charge on any atom is -0.492 e. The molecule has 5 nitrogen and oxygen atoms in total. The molecule has 2 heterocycles. The fraction of sp³-hybridized carbons (Fsp3) is 0.429. The number of aromatic nitrogens is 2. The second-order valence-corrected chi connectivity index (χ2v) is 7.70. The average Bonchev–Trinajstić information content (AvgIpc) is 2.98. The largest absolute Gasteiger partial charge is 0.492 e. The Morgan fingerprint density at radius 1 is 1.07 bits per heavy atom. The lowest BCUT2D eigenvalue weighted by Crippen LogP contribution is -2.24. The van der Waals surface area contributed by atoms with E-state index in [-0.39, 0.29) is 0 Å². The van der Waals surface area contributed by atoms with Crippen LogP contribution in [0, 0.1) is 13.8 Å². The van der Waals surface area contributed by atoms with Crippen LogP contribution in [0.5, 0.6) is 5.75 Å². The number of thiophene rings is 1. The lowest BCUT2D eigenvalue weighted by molar-refractivity contribution is 0.289. The van der Waals surface area contributed by atoms with E-state index in [1.54, 1.807) is 11.3 Å². The van der Waals surface area contributed by atoms with Crippen molar-refractivity contribution in [2.75, 3.05) is 31.6 Å². The molecule has 0 fully saturated rings. The van der Waals surface area contributed by atoms with Crippen molar-refractivity contribution in [1.29, 1.82) is 0 Å². The van der Waals surface area contributed by atoms with Gasteiger partial charge in [0, 0.05) is 4.88 Å². The fourth-order valence-corrected chi connectivity index (χ4v) is 4.04. The molecule has 144 valence electrons. The molecule has 3 aromatic rings. The highest BCUT2D eigenvalue weighted by Gasteiger charge is 2.15. The Bertz CT molecular complexity index is 875. The SMILES string of the molecule is CCN(CC)Cc1nc(NCCOc2ccccc2)c2c(C)c(C)sc2n1. The minimum atomic E-state index is 0.586. The topological polar surface area (TPSA) is 50.3 Å². The summed E-state index contributed by atoms with van der Waals surface area (Å²) in [5.41, 5.74) is 1.26. The Kier molecular flexibility index (Phi) is 6.63. The van der Waals surface area contributed by atoms with Crippen LogP contribution in [-0.4, -0.2) is 41.1 Å². The number of benzene rings is 1. The second-order valence-electron chi connectivity index (χ2n) is 6.50. The van der Waals surface area contributed by atoms with Crippen LogP contribution < -0.4 is 10.1 Å². The molecule has 3 rings (SSSR count). The van der Waals surface area contributed by atoms with E-state index in [2.05, 4.69) is 37.9 Å².